The van der Waals surface area contributed by atoms with E-state index in [0.717, 1.165) is 20.0 Å². The molecule has 0 aliphatic carbocycles. The van der Waals surface area contributed by atoms with Gasteiger partial charge in [-0.15, -0.1) is 10.2 Å². The van der Waals surface area contributed by atoms with Crippen molar-refractivity contribution in [2.45, 2.75) is 14.4 Å². The third-order valence-electron chi connectivity index (χ3n) is 3.44. The van der Waals surface area contributed by atoms with Crippen LogP contribution in [-0.2, 0) is 10.5 Å². The lowest BCUT2D eigenvalue weighted by Gasteiger charge is -2.04. The summed E-state index contributed by atoms with van der Waals surface area (Å²) in [4.78, 5) is 23.1. The van der Waals surface area contributed by atoms with Crippen LogP contribution in [0.4, 0.5) is 5.69 Å². The fourth-order valence-corrected chi connectivity index (χ4v) is 4.98. The van der Waals surface area contributed by atoms with Crippen LogP contribution in [-0.4, -0.2) is 27.8 Å². The molecule has 1 aromatic heterocycles. The number of halogens is 1. The molecular formula is C18H15ClN4O2S3. The van der Waals surface area contributed by atoms with Crippen LogP contribution in [0.5, 0.6) is 0 Å². The molecule has 2 aromatic carbocycles. The number of hydrogen-bond acceptors (Lipinski definition) is 7. The third kappa shape index (κ3) is 6.23. The van der Waals surface area contributed by atoms with Crippen LogP contribution >= 0.6 is 46.5 Å². The molecule has 3 aromatic rings. The summed E-state index contributed by atoms with van der Waals surface area (Å²) in [5, 5.41) is 11.7. The number of carbonyl (C=O) groups excluding carboxylic acids is 2. The van der Waals surface area contributed by atoms with Crippen molar-refractivity contribution in [3.8, 4) is 0 Å². The topological polar surface area (TPSA) is 98.0 Å². The number of nitrogens with two attached hydrogens (primary N) is 1. The molecule has 0 bridgehead atoms. The number of primary amides is 1. The fraction of sp³-hybridized carbons (Fsp3) is 0.111. The highest BCUT2D eigenvalue weighted by Crippen LogP contribution is 2.31. The van der Waals surface area contributed by atoms with Gasteiger partial charge in [0.05, 0.1) is 5.75 Å². The van der Waals surface area contributed by atoms with Gasteiger partial charge in [-0.2, -0.15) is 0 Å². The minimum absolute atomic E-state index is 0.164. The SMILES string of the molecule is NC(=O)c1ccc(NC(=O)CSc2nnc(SCc3ccc(Cl)cc3)s2)cc1. The van der Waals surface area contributed by atoms with Crippen LogP contribution in [0, 0.1) is 0 Å². The molecular weight excluding hydrogens is 436 g/mol. The Kier molecular flexibility index (Phi) is 7.32. The smallest absolute Gasteiger partial charge is 0.248 e. The zero-order valence-electron chi connectivity index (χ0n) is 14.4. The Morgan fingerprint density at radius 1 is 1.00 bits per heavy atom. The average Bonchev–Trinajstić information content (AvgIpc) is 3.14. The highest BCUT2D eigenvalue weighted by atomic mass is 35.5. The number of rotatable bonds is 8. The second-order valence-corrected chi connectivity index (χ2v) is 9.39. The lowest BCUT2D eigenvalue weighted by Crippen LogP contribution is -2.14. The summed E-state index contributed by atoms with van der Waals surface area (Å²) < 4.78 is 1.58. The number of benzene rings is 2. The summed E-state index contributed by atoms with van der Waals surface area (Å²) in [6.07, 6.45) is 0. The zero-order valence-corrected chi connectivity index (χ0v) is 17.6. The average molecular weight is 451 g/mol. The van der Waals surface area contributed by atoms with E-state index in [0.29, 0.717) is 16.3 Å². The standard InChI is InChI=1S/C18H15ClN4O2S3/c19-13-5-1-11(2-6-13)9-26-17-22-23-18(28-17)27-10-15(24)21-14-7-3-12(4-8-14)16(20)25/h1-8H,9-10H2,(H2,20,25)(H,21,24). The molecule has 144 valence electrons. The first-order valence-corrected chi connectivity index (χ1v) is 11.2. The Hall–Kier alpha value is -2.07. The number of nitrogens with zero attached hydrogens (tertiary/aromatic N) is 2. The van der Waals surface area contributed by atoms with Gasteiger partial charge >= 0.3 is 0 Å². The van der Waals surface area contributed by atoms with Crippen molar-refractivity contribution >= 4 is 64.0 Å². The van der Waals surface area contributed by atoms with E-state index in [4.69, 9.17) is 17.3 Å². The van der Waals surface area contributed by atoms with Gasteiger partial charge in [0.2, 0.25) is 11.8 Å². The van der Waals surface area contributed by atoms with Crippen molar-refractivity contribution in [3.05, 3.63) is 64.7 Å². The van der Waals surface area contributed by atoms with Crippen LogP contribution < -0.4 is 11.1 Å². The van der Waals surface area contributed by atoms with Gasteiger partial charge < -0.3 is 11.1 Å². The molecule has 28 heavy (non-hydrogen) atoms. The van der Waals surface area contributed by atoms with E-state index in [9.17, 15) is 9.59 Å². The number of amides is 2. The summed E-state index contributed by atoms with van der Waals surface area (Å²) in [7, 11) is 0. The van der Waals surface area contributed by atoms with Crippen molar-refractivity contribution in [1.82, 2.24) is 10.2 Å². The molecule has 0 atom stereocenters. The fourth-order valence-electron chi connectivity index (χ4n) is 2.08. The van der Waals surface area contributed by atoms with Gasteiger partial charge in [-0.1, -0.05) is 58.6 Å². The minimum Gasteiger partial charge on any atom is -0.366 e. The van der Waals surface area contributed by atoms with E-state index in [1.165, 1.54) is 23.1 Å². The predicted molar refractivity (Wildman–Crippen MR) is 115 cm³/mol. The Morgan fingerprint density at radius 3 is 2.29 bits per heavy atom. The van der Waals surface area contributed by atoms with Crippen LogP contribution in [0.2, 0.25) is 5.02 Å². The molecule has 0 saturated carbocycles. The quantitative estimate of drug-likeness (QED) is 0.496. The Labute approximate surface area is 179 Å². The summed E-state index contributed by atoms with van der Waals surface area (Å²) in [6.45, 7) is 0. The highest BCUT2D eigenvalue weighted by molar-refractivity contribution is 8.03. The van der Waals surface area contributed by atoms with Crippen molar-refractivity contribution in [1.29, 1.82) is 0 Å². The molecule has 0 aliphatic rings. The molecule has 0 fully saturated rings. The summed E-state index contributed by atoms with van der Waals surface area (Å²) in [6, 6.07) is 14.1. The van der Waals surface area contributed by atoms with E-state index in [1.807, 2.05) is 24.3 Å². The number of thioether (sulfide) groups is 2. The van der Waals surface area contributed by atoms with Gasteiger partial charge in [-0.3, -0.25) is 9.59 Å². The summed E-state index contributed by atoms with van der Waals surface area (Å²) in [5.74, 6) is 0.323. The Balaban J connectivity index is 1.45. The van der Waals surface area contributed by atoms with Gasteiger partial charge in [-0.05, 0) is 42.0 Å². The van der Waals surface area contributed by atoms with Crippen molar-refractivity contribution < 1.29 is 9.59 Å². The number of anilines is 1. The van der Waals surface area contributed by atoms with E-state index in [1.54, 1.807) is 36.0 Å². The van der Waals surface area contributed by atoms with Crippen molar-refractivity contribution in [3.63, 3.8) is 0 Å². The lowest BCUT2D eigenvalue weighted by molar-refractivity contribution is -0.113. The second kappa shape index (κ2) is 9.92. The number of aromatic nitrogens is 2. The Bertz CT molecular complexity index is 962. The van der Waals surface area contributed by atoms with Gasteiger partial charge in [0, 0.05) is 22.0 Å². The van der Waals surface area contributed by atoms with Crippen LogP contribution in [0.3, 0.4) is 0 Å². The van der Waals surface area contributed by atoms with Gasteiger partial charge in [0.1, 0.15) is 0 Å². The summed E-state index contributed by atoms with van der Waals surface area (Å²) in [5.41, 5.74) is 7.34. The van der Waals surface area contributed by atoms with Gasteiger partial charge in [-0.25, -0.2) is 0 Å². The molecule has 0 radical (unpaired) electrons. The first-order chi connectivity index (χ1) is 13.5. The van der Waals surface area contributed by atoms with Crippen LogP contribution in [0.15, 0.2) is 57.2 Å². The van der Waals surface area contributed by atoms with Crippen LogP contribution in [0.1, 0.15) is 15.9 Å². The molecule has 3 rings (SSSR count). The Morgan fingerprint density at radius 2 is 1.64 bits per heavy atom. The maximum atomic E-state index is 12.1. The maximum absolute atomic E-state index is 12.1. The minimum atomic E-state index is -0.505. The first-order valence-electron chi connectivity index (χ1n) is 8.03. The lowest BCUT2D eigenvalue weighted by atomic mass is 10.2. The third-order valence-corrected chi connectivity index (χ3v) is 6.96. The van der Waals surface area contributed by atoms with Gasteiger partial charge in [0.15, 0.2) is 8.68 Å². The summed E-state index contributed by atoms with van der Waals surface area (Å²) >= 11 is 10.3. The molecule has 2 amide bonds. The van der Waals surface area contributed by atoms with Crippen LogP contribution in [0.25, 0.3) is 0 Å². The molecule has 6 nitrogen and oxygen atoms in total. The number of nitrogens with one attached hydrogen (secondary N) is 1. The monoisotopic (exact) mass is 450 g/mol. The van der Waals surface area contributed by atoms with E-state index in [2.05, 4.69) is 15.5 Å². The first kappa shape index (κ1) is 20.7. The molecule has 0 aliphatic heterocycles. The molecule has 0 spiro atoms. The molecule has 10 heteroatoms. The van der Waals surface area contributed by atoms with Crippen molar-refractivity contribution in [2.75, 3.05) is 11.1 Å². The molecule has 0 unspecified atom stereocenters. The maximum Gasteiger partial charge on any atom is 0.248 e. The molecule has 3 N–H and O–H groups in total. The largest absolute Gasteiger partial charge is 0.366 e. The molecule has 1 heterocycles. The predicted octanol–water partition coefficient (Wildman–Crippen LogP) is 4.31. The normalized spacial score (nSPS) is 10.6. The zero-order chi connectivity index (χ0) is 19.9. The second-order valence-electron chi connectivity index (χ2n) is 5.53. The van der Waals surface area contributed by atoms with Crippen molar-refractivity contribution in [2.24, 2.45) is 5.73 Å². The highest BCUT2D eigenvalue weighted by Gasteiger charge is 2.10. The van der Waals surface area contributed by atoms with E-state index >= 15 is 0 Å². The van der Waals surface area contributed by atoms with E-state index < -0.39 is 5.91 Å². The number of hydrogen-bond donors (Lipinski definition) is 2. The van der Waals surface area contributed by atoms with E-state index in [-0.39, 0.29) is 11.7 Å². The molecule has 0 saturated heterocycles. The number of carbonyl (C=O) groups is 2. The van der Waals surface area contributed by atoms with Gasteiger partial charge in [0.25, 0.3) is 0 Å².